The molecule has 0 radical (unpaired) electrons. The van der Waals surface area contributed by atoms with Crippen LogP contribution in [0.25, 0.3) is 0 Å². The van der Waals surface area contributed by atoms with Crippen LogP contribution in [0.15, 0.2) is 0 Å². The second-order valence-electron chi connectivity index (χ2n) is 3.75. The minimum atomic E-state index is -2.93. The van der Waals surface area contributed by atoms with Gasteiger partial charge in [0.1, 0.15) is 9.84 Å². The zero-order valence-electron chi connectivity index (χ0n) is 8.66. The predicted molar refractivity (Wildman–Crippen MR) is 54.4 cm³/mol. The van der Waals surface area contributed by atoms with Gasteiger partial charge in [0.2, 0.25) is 0 Å². The highest BCUT2D eigenvalue weighted by atomic mass is 32.2. The predicted octanol–water partition coefficient (Wildman–Crippen LogP) is 1.22. The van der Waals surface area contributed by atoms with E-state index in [0.29, 0.717) is 6.42 Å². The molecule has 0 aliphatic carbocycles. The van der Waals surface area contributed by atoms with Crippen LogP contribution in [0.4, 0.5) is 0 Å². The second kappa shape index (κ2) is 5.60. The lowest BCUT2D eigenvalue weighted by Gasteiger charge is -2.17. The lowest BCUT2D eigenvalue weighted by Crippen LogP contribution is -2.21. The maximum Gasteiger partial charge on any atom is 0.147 e. The first-order chi connectivity index (χ1) is 5.87. The third-order valence-electron chi connectivity index (χ3n) is 2.19. The van der Waals surface area contributed by atoms with Gasteiger partial charge in [-0.05, 0) is 18.8 Å². The molecule has 0 bridgehead atoms. The van der Waals surface area contributed by atoms with E-state index in [0.717, 1.165) is 12.8 Å². The molecule has 0 aromatic heterocycles. The number of hydrogen-bond donors (Lipinski definition) is 1. The van der Waals surface area contributed by atoms with E-state index < -0.39 is 15.9 Å². The fourth-order valence-corrected chi connectivity index (χ4v) is 1.94. The summed E-state index contributed by atoms with van der Waals surface area (Å²) >= 11 is 0. The maximum atomic E-state index is 10.8. The largest absolute Gasteiger partial charge is 0.393 e. The molecule has 1 N–H and O–H groups in total. The van der Waals surface area contributed by atoms with Crippen molar-refractivity contribution >= 4 is 9.84 Å². The molecule has 2 atom stereocenters. The molecule has 80 valence electrons. The summed E-state index contributed by atoms with van der Waals surface area (Å²) in [5, 5.41) is 9.55. The lowest BCUT2D eigenvalue weighted by molar-refractivity contribution is 0.108. The first kappa shape index (κ1) is 12.9. The molecule has 0 spiro atoms. The van der Waals surface area contributed by atoms with Gasteiger partial charge in [0.15, 0.2) is 0 Å². The molecule has 0 saturated heterocycles. The molecule has 0 amide bonds. The van der Waals surface area contributed by atoms with E-state index in [1.54, 1.807) is 0 Å². The highest BCUT2D eigenvalue weighted by molar-refractivity contribution is 7.90. The van der Waals surface area contributed by atoms with Gasteiger partial charge in [0, 0.05) is 6.26 Å². The molecule has 0 saturated carbocycles. The van der Waals surface area contributed by atoms with Crippen LogP contribution >= 0.6 is 0 Å². The van der Waals surface area contributed by atoms with E-state index in [1.807, 2.05) is 6.92 Å². The summed E-state index contributed by atoms with van der Waals surface area (Å²) in [6, 6.07) is 0. The molecule has 3 nitrogen and oxygen atoms in total. The summed E-state index contributed by atoms with van der Waals surface area (Å²) in [5.74, 6) is 0.286. The minimum Gasteiger partial charge on any atom is -0.393 e. The monoisotopic (exact) mass is 208 g/mol. The second-order valence-corrected chi connectivity index (χ2v) is 6.01. The molecule has 13 heavy (non-hydrogen) atoms. The molecule has 0 rings (SSSR count). The van der Waals surface area contributed by atoms with Crippen LogP contribution in [-0.4, -0.2) is 31.6 Å². The third kappa shape index (κ3) is 7.02. The smallest absolute Gasteiger partial charge is 0.147 e. The van der Waals surface area contributed by atoms with Gasteiger partial charge < -0.3 is 5.11 Å². The molecule has 0 aromatic rings. The first-order valence-electron chi connectivity index (χ1n) is 4.72. The number of aliphatic hydroxyl groups is 1. The molecular weight excluding hydrogens is 188 g/mol. The van der Waals surface area contributed by atoms with E-state index >= 15 is 0 Å². The van der Waals surface area contributed by atoms with Crippen molar-refractivity contribution < 1.29 is 13.5 Å². The van der Waals surface area contributed by atoms with Crippen LogP contribution in [0.2, 0.25) is 0 Å². The number of hydrogen-bond acceptors (Lipinski definition) is 3. The summed E-state index contributed by atoms with van der Waals surface area (Å²) in [5.41, 5.74) is 0. The van der Waals surface area contributed by atoms with E-state index in [9.17, 15) is 13.5 Å². The van der Waals surface area contributed by atoms with Crippen molar-refractivity contribution in [3.63, 3.8) is 0 Å². The maximum absolute atomic E-state index is 10.8. The Morgan fingerprint density at radius 3 is 2.23 bits per heavy atom. The Bertz CT molecular complexity index is 221. The van der Waals surface area contributed by atoms with Crippen molar-refractivity contribution in [1.82, 2.24) is 0 Å². The van der Waals surface area contributed by atoms with Gasteiger partial charge in [0.25, 0.3) is 0 Å². The van der Waals surface area contributed by atoms with Crippen molar-refractivity contribution in [2.24, 2.45) is 5.92 Å². The van der Waals surface area contributed by atoms with E-state index in [2.05, 4.69) is 6.92 Å². The zero-order valence-corrected chi connectivity index (χ0v) is 9.47. The quantitative estimate of drug-likeness (QED) is 0.714. The molecule has 0 aliphatic rings. The molecule has 2 unspecified atom stereocenters. The first-order valence-corrected chi connectivity index (χ1v) is 6.78. The summed E-state index contributed by atoms with van der Waals surface area (Å²) in [6.45, 7) is 4.01. The van der Waals surface area contributed by atoms with Gasteiger partial charge in [-0.3, -0.25) is 0 Å². The van der Waals surface area contributed by atoms with Gasteiger partial charge in [0.05, 0.1) is 11.9 Å². The van der Waals surface area contributed by atoms with Crippen molar-refractivity contribution in [1.29, 1.82) is 0 Å². The van der Waals surface area contributed by atoms with Gasteiger partial charge in [-0.25, -0.2) is 8.42 Å². The molecule has 0 aromatic carbocycles. The van der Waals surface area contributed by atoms with E-state index in [-0.39, 0.29) is 11.7 Å². The Balaban J connectivity index is 3.80. The molecular formula is C9H20O3S. The van der Waals surface area contributed by atoms with E-state index in [1.165, 1.54) is 6.26 Å². The van der Waals surface area contributed by atoms with Crippen molar-refractivity contribution in [2.45, 2.75) is 39.2 Å². The Morgan fingerprint density at radius 1 is 1.31 bits per heavy atom. The fraction of sp³-hybridized carbons (Fsp3) is 1.00. The standard InChI is InChI=1S/C9H20O3S/c1-4-5-8(2)9(10)6-7-13(3,11)12/h8-10H,4-7H2,1-3H3. The lowest BCUT2D eigenvalue weighted by atomic mass is 9.98. The van der Waals surface area contributed by atoms with Crippen LogP contribution in [0, 0.1) is 5.92 Å². The molecule has 0 fully saturated rings. The highest BCUT2D eigenvalue weighted by Crippen LogP contribution is 2.13. The zero-order chi connectivity index (χ0) is 10.5. The number of aliphatic hydroxyl groups excluding tert-OH is 1. The molecule has 0 heterocycles. The molecule has 0 aliphatic heterocycles. The Hall–Kier alpha value is -0.0900. The van der Waals surface area contributed by atoms with Gasteiger partial charge in [-0.2, -0.15) is 0 Å². The average molecular weight is 208 g/mol. The van der Waals surface area contributed by atoms with Crippen molar-refractivity contribution in [3.8, 4) is 0 Å². The Labute approximate surface area is 81.1 Å². The van der Waals surface area contributed by atoms with Crippen molar-refractivity contribution in [3.05, 3.63) is 0 Å². The summed E-state index contributed by atoms with van der Waals surface area (Å²) in [6.07, 6.45) is 3.06. The third-order valence-corrected chi connectivity index (χ3v) is 3.16. The normalized spacial score (nSPS) is 16.9. The van der Waals surface area contributed by atoms with Crippen LogP contribution in [0.5, 0.6) is 0 Å². The average Bonchev–Trinajstić information content (AvgIpc) is 1.99. The SMILES string of the molecule is CCCC(C)C(O)CCS(C)(=O)=O. The van der Waals surface area contributed by atoms with Gasteiger partial charge >= 0.3 is 0 Å². The van der Waals surface area contributed by atoms with Gasteiger partial charge in [-0.1, -0.05) is 20.3 Å². The summed E-state index contributed by atoms with van der Waals surface area (Å²) in [4.78, 5) is 0. The highest BCUT2D eigenvalue weighted by Gasteiger charge is 2.15. The van der Waals surface area contributed by atoms with Crippen LogP contribution in [0.3, 0.4) is 0 Å². The number of sulfone groups is 1. The minimum absolute atomic E-state index is 0.0855. The Morgan fingerprint density at radius 2 is 1.85 bits per heavy atom. The fourth-order valence-electron chi connectivity index (χ4n) is 1.27. The van der Waals surface area contributed by atoms with Crippen LogP contribution in [-0.2, 0) is 9.84 Å². The van der Waals surface area contributed by atoms with E-state index in [4.69, 9.17) is 0 Å². The Kier molecular flexibility index (Phi) is 5.56. The van der Waals surface area contributed by atoms with Crippen LogP contribution < -0.4 is 0 Å². The topological polar surface area (TPSA) is 54.4 Å². The van der Waals surface area contributed by atoms with Gasteiger partial charge in [-0.15, -0.1) is 0 Å². The van der Waals surface area contributed by atoms with Crippen molar-refractivity contribution in [2.75, 3.05) is 12.0 Å². The summed E-state index contributed by atoms with van der Waals surface area (Å²) in [7, 11) is -2.93. The summed E-state index contributed by atoms with van der Waals surface area (Å²) < 4.78 is 21.6. The van der Waals surface area contributed by atoms with Crippen LogP contribution in [0.1, 0.15) is 33.1 Å². The number of rotatable bonds is 6. The molecule has 4 heteroatoms.